The topological polar surface area (TPSA) is 119 Å². The molecule has 1 atom stereocenters. The fraction of sp³-hybridized carbons (Fsp3) is 0.308. The highest BCUT2D eigenvalue weighted by Crippen LogP contribution is 2.50. The number of nitrogens with zero attached hydrogens (tertiary/aromatic N) is 1. The molecular weight excluding hydrogens is 624 g/mol. The molecule has 0 saturated carbocycles. The number of aromatic nitrogens is 2. The first-order valence-electron chi connectivity index (χ1n) is 12.0. The minimum atomic E-state index is -0.707. The smallest absolute Gasteiger partial charge is 0.308 e. The van der Waals surface area contributed by atoms with Crippen molar-refractivity contribution in [3.63, 3.8) is 0 Å². The Morgan fingerprint density at radius 2 is 1.73 bits per heavy atom. The highest BCUT2D eigenvalue weighted by Gasteiger charge is 2.37. The Morgan fingerprint density at radius 3 is 2.33 bits per heavy atom. The Labute approximate surface area is 253 Å². The number of aromatic amines is 1. The standard InChI is InChI=1S/C26H23Cl4N3O6S/c1-11(34)31-6-7-40-26(37)21-15(18-10-16(27)24(29)32-18)9-20(38-12(2)35)22(23(21)39-13(3)36)19-5-4-14-8-17(28)25(30)33(14)19/h8-10,19,32H,4-7H2,1-3H3,(H,31,34)/t19-/m0/s1. The number of halogens is 4. The molecule has 0 saturated heterocycles. The van der Waals surface area contributed by atoms with Crippen LogP contribution < -0.4 is 14.8 Å². The SMILES string of the molecule is CC(=O)NCCSC(=O)c1c(-c2cc(Cl)c(Cl)[nH]2)cc(OC(C)=O)c([C@@H]2CCc3cc(Cl)c(Cl)n32)c1OC(C)=O. The summed E-state index contributed by atoms with van der Waals surface area (Å²) in [4.78, 5) is 52.7. The van der Waals surface area contributed by atoms with Gasteiger partial charge in [0.2, 0.25) is 11.0 Å². The number of fused-ring (bicyclic) bond motifs is 1. The first-order chi connectivity index (χ1) is 18.9. The van der Waals surface area contributed by atoms with Gasteiger partial charge in [0.1, 0.15) is 16.1 Å². The number of thioether (sulfide) groups is 1. The van der Waals surface area contributed by atoms with E-state index in [2.05, 4.69) is 10.3 Å². The summed E-state index contributed by atoms with van der Waals surface area (Å²) in [6.07, 6.45) is 1.08. The van der Waals surface area contributed by atoms with E-state index >= 15 is 0 Å². The molecule has 0 bridgehead atoms. The van der Waals surface area contributed by atoms with E-state index in [1.165, 1.54) is 32.9 Å². The summed E-state index contributed by atoms with van der Waals surface area (Å²) in [5.41, 5.74) is 1.68. The van der Waals surface area contributed by atoms with Crippen LogP contribution in [0.5, 0.6) is 11.5 Å². The second kappa shape index (κ2) is 12.5. The third-order valence-corrected chi connectivity index (χ3v) is 8.38. The summed E-state index contributed by atoms with van der Waals surface area (Å²) < 4.78 is 13.1. The molecule has 1 aromatic carbocycles. The van der Waals surface area contributed by atoms with Gasteiger partial charge in [-0.25, -0.2) is 0 Å². The molecular formula is C26H23Cl4N3O6S. The first-order valence-corrected chi connectivity index (χ1v) is 14.5. The number of benzene rings is 1. The molecule has 3 aromatic rings. The van der Waals surface area contributed by atoms with Gasteiger partial charge in [-0.2, -0.15) is 0 Å². The summed E-state index contributed by atoms with van der Waals surface area (Å²) in [5.74, 6) is -1.39. The van der Waals surface area contributed by atoms with Gasteiger partial charge in [-0.1, -0.05) is 58.2 Å². The molecule has 40 heavy (non-hydrogen) atoms. The van der Waals surface area contributed by atoms with E-state index in [0.717, 1.165) is 17.5 Å². The monoisotopic (exact) mass is 645 g/mol. The molecule has 2 aromatic heterocycles. The van der Waals surface area contributed by atoms with E-state index in [-0.39, 0.29) is 61.7 Å². The molecule has 3 heterocycles. The summed E-state index contributed by atoms with van der Waals surface area (Å²) in [6, 6.07) is 4.16. The van der Waals surface area contributed by atoms with Crippen LogP contribution in [0.1, 0.15) is 54.8 Å². The number of rotatable bonds is 8. The summed E-state index contributed by atoms with van der Waals surface area (Å²) >= 11 is 26.2. The number of carbonyl (C=O) groups excluding carboxylic acids is 4. The number of amides is 1. The lowest BCUT2D eigenvalue weighted by Crippen LogP contribution is -2.23. The summed E-state index contributed by atoms with van der Waals surface area (Å²) in [5, 5.41) is 3.07. The molecule has 0 unspecified atom stereocenters. The Kier molecular flexibility index (Phi) is 9.47. The number of carbonyl (C=O) groups is 4. The maximum atomic E-state index is 13.8. The molecule has 2 N–H and O–H groups in total. The normalized spacial score (nSPS) is 14.1. The van der Waals surface area contributed by atoms with Gasteiger partial charge < -0.3 is 24.3 Å². The van der Waals surface area contributed by atoms with Gasteiger partial charge >= 0.3 is 11.9 Å². The van der Waals surface area contributed by atoms with Crippen LogP contribution in [0.2, 0.25) is 20.4 Å². The molecule has 14 heteroatoms. The lowest BCUT2D eigenvalue weighted by atomic mass is 9.94. The molecule has 9 nitrogen and oxygen atoms in total. The second-order valence-electron chi connectivity index (χ2n) is 8.89. The fourth-order valence-corrected chi connectivity index (χ4v) is 6.14. The minimum Gasteiger partial charge on any atom is -0.426 e. The van der Waals surface area contributed by atoms with Crippen molar-refractivity contribution in [2.24, 2.45) is 0 Å². The zero-order valence-electron chi connectivity index (χ0n) is 21.5. The number of ether oxygens (including phenoxy) is 2. The molecule has 4 rings (SSSR count). The summed E-state index contributed by atoms with van der Waals surface area (Å²) in [7, 11) is 0. The fourth-order valence-electron chi connectivity index (χ4n) is 4.59. The number of nitrogens with one attached hydrogen (secondary N) is 2. The van der Waals surface area contributed by atoms with Crippen LogP contribution in [0, 0.1) is 0 Å². The highest BCUT2D eigenvalue weighted by atomic mass is 35.5. The minimum absolute atomic E-state index is 0.0198. The molecule has 0 radical (unpaired) electrons. The van der Waals surface area contributed by atoms with Crippen molar-refractivity contribution in [1.82, 2.24) is 14.9 Å². The molecule has 1 aliphatic heterocycles. The van der Waals surface area contributed by atoms with Gasteiger partial charge in [0.25, 0.3) is 0 Å². The Bertz CT molecular complexity index is 1510. The zero-order chi connectivity index (χ0) is 29.3. The maximum absolute atomic E-state index is 13.8. The average Bonchev–Trinajstić information content (AvgIpc) is 3.50. The van der Waals surface area contributed by atoms with E-state index in [0.29, 0.717) is 23.6 Å². The van der Waals surface area contributed by atoms with Crippen molar-refractivity contribution < 1.29 is 28.7 Å². The van der Waals surface area contributed by atoms with Crippen LogP contribution in [0.3, 0.4) is 0 Å². The Balaban J connectivity index is 2.01. The number of esters is 2. The predicted octanol–water partition coefficient (Wildman–Crippen LogP) is 6.49. The quantitative estimate of drug-likeness (QED) is 0.163. The van der Waals surface area contributed by atoms with E-state index in [1.54, 1.807) is 10.6 Å². The molecule has 212 valence electrons. The molecule has 0 fully saturated rings. The third-order valence-electron chi connectivity index (χ3n) is 6.04. The van der Waals surface area contributed by atoms with E-state index in [9.17, 15) is 19.2 Å². The van der Waals surface area contributed by atoms with Gasteiger partial charge in [0.05, 0.1) is 27.2 Å². The van der Waals surface area contributed by atoms with E-state index in [4.69, 9.17) is 55.9 Å². The number of H-pyrrole nitrogens is 1. The van der Waals surface area contributed by atoms with E-state index in [1.807, 2.05) is 0 Å². The van der Waals surface area contributed by atoms with Gasteiger partial charge in [-0.05, 0) is 31.0 Å². The van der Waals surface area contributed by atoms with Crippen molar-refractivity contribution in [3.05, 3.63) is 55.4 Å². The van der Waals surface area contributed by atoms with Gasteiger partial charge in [0.15, 0.2) is 5.75 Å². The van der Waals surface area contributed by atoms with Gasteiger partial charge in [0, 0.05) is 50.0 Å². The molecule has 0 aliphatic carbocycles. The number of hydrogen-bond acceptors (Lipinski definition) is 7. The van der Waals surface area contributed by atoms with E-state index < -0.39 is 23.1 Å². The average molecular weight is 647 g/mol. The van der Waals surface area contributed by atoms with Crippen molar-refractivity contribution in [1.29, 1.82) is 0 Å². The predicted molar refractivity (Wildman–Crippen MR) is 155 cm³/mol. The van der Waals surface area contributed by atoms with Crippen molar-refractivity contribution in [2.75, 3.05) is 12.3 Å². The Morgan fingerprint density at radius 1 is 1.02 bits per heavy atom. The second-order valence-corrected chi connectivity index (χ2v) is 11.5. The van der Waals surface area contributed by atoms with Crippen molar-refractivity contribution in [2.45, 2.75) is 39.7 Å². The van der Waals surface area contributed by atoms with Crippen LogP contribution in [-0.2, 0) is 20.8 Å². The molecule has 1 aliphatic rings. The maximum Gasteiger partial charge on any atom is 0.308 e. The third kappa shape index (κ3) is 6.31. The number of aryl methyl sites for hydroxylation is 1. The van der Waals surface area contributed by atoms with Crippen LogP contribution in [-0.4, -0.2) is 44.8 Å². The van der Waals surface area contributed by atoms with Crippen LogP contribution in [0.4, 0.5) is 0 Å². The molecule has 0 spiro atoms. The first kappa shape index (κ1) is 30.3. The largest absolute Gasteiger partial charge is 0.426 e. The lowest BCUT2D eigenvalue weighted by molar-refractivity contribution is -0.132. The highest BCUT2D eigenvalue weighted by molar-refractivity contribution is 8.14. The van der Waals surface area contributed by atoms with Crippen molar-refractivity contribution >= 4 is 81.1 Å². The zero-order valence-corrected chi connectivity index (χ0v) is 25.3. The van der Waals surface area contributed by atoms with Gasteiger partial charge in [-0.15, -0.1) is 0 Å². The van der Waals surface area contributed by atoms with Crippen LogP contribution >= 0.6 is 58.2 Å². The lowest BCUT2D eigenvalue weighted by Gasteiger charge is -2.25. The van der Waals surface area contributed by atoms with Crippen LogP contribution in [0.25, 0.3) is 11.3 Å². The number of hydrogen-bond donors (Lipinski definition) is 2. The van der Waals surface area contributed by atoms with Crippen LogP contribution in [0.15, 0.2) is 18.2 Å². The molecule has 1 amide bonds. The van der Waals surface area contributed by atoms with Crippen molar-refractivity contribution in [3.8, 4) is 22.8 Å². The Hall–Kier alpha value is -2.63. The summed E-state index contributed by atoms with van der Waals surface area (Å²) in [6.45, 7) is 4.03. The van der Waals surface area contributed by atoms with Gasteiger partial charge in [-0.3, -0.25) is 19.2 Å².